The maximum atomic E-state index is 9.85. The fraction of sp³-hybridized carbons (Fsp3) is 0.846. The molecular weight excluding hydrogens is 186 g/mol. The van der Waals surface area contributed by atoms with Crippen molar-refractivity contribution >= 4 is 0 Å². The second-order valence-electron chi connectivity index (χ2n) is 5.10. The highest BCUT2D eigenvalue weighted by molar-refractivity contribution is 4.86. The van der Waals surface area contributed by atoms with Crippen molar-refractivity contribution < 1.29 is 5.11 Å². The van der Waals surface area contributed by atoms with Gasteiger partial charge in [-0.3, -0.25) is 4.90 Å². The summed E-state index contributed by atoms with van der Waals surface area (Å²) in [7, 11) is 0. The Bertz CT molecular complexity index is 187. The molecule has 0 saturated heterocycles. The average molecular weight is 211 g/mol. The fourth-order valence-electron chi connectivity index (χ4n) is 1.95. The predicted molar refractivity (Wildman–Crippen MR) is 64.9 cm³/mol. The quantitative estimate of drug-likeness (QED) is 0.623. The third-order valence-corrected chi connectivity index (χ3v) is 2.81. The highest BCUT2D eigenvalue weighted by Crippen LogP contribution is 2.27. The Morgan fingerprint density at radius 1 is 1.40 bits per heavy atom. The van der Waals surface area contributed by atoms with E-state index in [0.29, 0.717) is 5.92 Å². The first-order valence-electron chi connectivity index (χ1n) is 6.16. The third-order valence-electron chi connectivity index (χ3n) is 2.81. The zero-order chi connectivity index (χ0) is 11.3. The lowest BCUT2D eigenvalue weighted by molar-refractivity contribution is 0.0953. The third kappa shape index (κ3) is 5.33. The summed E-state index contributed by atoms with van der Waals surface area (Å²) < 4.78 is 0. The van der Waals surface area contributed by atoms with Gasteiger partial charge in [-0.25, -0.2) is 0 Å². The SMILES string of the molecule is C=CCCC(O)CN(CC(C)C)C1CC1. The topological polar surface area (TPSA) is 23.5 Å². The molecule has 1 unspecified atom stereocenters. The Morgan fingerprint density at radius 2 is 2.07 bits per heavy atom. The van der Waals surface area contributed by atoms with E-state index in [9.17, 15) is 5.11 Å². The molecule has 0 amide bonds. The van der Waals surface area contributed by atoms with Crippen molar-refractivity contribution in [3.8, 4) is 0 Å². The average Bonchev–Trinajstić information content (AvgIpc) is 2.96. The molecule has 1 aliphatic rings. The van der Waals surface area contributed by atoms with E-state index in [-0.39, 0.29) is 6.10 Å². The second kappa shape index (κ2) is 6.29. The van der Waals surface area contributed by atoms with Crippen molar-refractivity contribution in [2.75, 3.05) is 13.1 Å². The van der Waals surface area contributed by atoms with Crippen molar-refractivity contribution in [3.05, 3.63) is 12.7 Å². The van der Waals surface area contributed by atoms with Crippen LogP contribution in [0.3, 0.4) is 0 Å². The summed E-state index contributed by atoms with van der Waals surface area (Å²) >= 11 is 0. The second-order valence-corrected chi connectivity index (χ2v) is 5.10. The van der Waals surface area contributed by atoms with E-state index in [4.69, 9.17) is 0 Å². The van der Waals surface area contributed by atoms with Crippen LogP contribution in [0.25, 0.3) is 0 Å². The minimum absolute atomic E-state index is 0.178. The summed E-state index contributed by atoms with van der Waals surface area (Å²) in [6.07, 6.45) is 6.11. The van der Waals surface area contributed by atoms with Crippen LogP contribution in [0.15, 0.2) is 12.7 Å². The molecule has 0 bridgehead atoms. The normalized spacial score (nSPS) is 18.5. The van der Waals surface area contributed by atoms with Gasteiger partial charge in [0.05, 0.1) is 6.10 Å². The number of hydrogen-bond donors (Lipinski definition) is 1. The molecule has 0 spiro atoms. The Kier molecular flexibility index (Phi) is 5.34. The first-order valence-corrected chi connectivity index (χ1v) is 6.16. The van der Waals surface area contributed by atoms with Crippen molar-refractivity contribution in [1.29, 1.82) is 0 Å². The molecule has 2 heteroatoms. The Morgan fingerprint density at radius 3 is 2.53 bits per heavy atom. The molecule has 2 nitrogen and oxygen atoms in total. The first kappa shape index (κ1) is 12.7. The van der Waals surface area contributed by atoms with Gasteiger partial charge in [0, 0.05) is 19.1 Å². The van der Waals surface area contributed by atoms with Crippen LogP contribution in [0.2, 0.25) is 0 Å². The van der Waals surface area contributed by atoms with Crippen molar-refractivity contribution in [2.45, 2.75) is 51.7 Å². The van der Waals surface area contributed by atoms with Gasteiger partial charge >= 0.3 is 0 Å². The minimum Gasteiger partial charge on any atom is -0.392 e. The first-order chi connectivity index (χ1) is 7.13. The molecule has 0 heterocycles. The zero-order valence-electron chi connectivity index (χ0n) is 10.2. The van der Waals surface area contributed by atoms with Crippen molar-refractivity contribution in [1.82, 2.24) is 4.90 Å². The standard InChI is InChI=1S/C13H25NO/c1-4-5-6-13(15)10-14(9-11(2)3)12-7-8-12/h4,11-13,15H,1,5-10H2,2-3H3. The molecule has 0 radical (unpaired) electrons. The fourth-order valence-corrected chi connectivity index (χ4v) is 1.95. The number of hydrogen-bond acceptors (Lipinski definition) is 2. The van der Waals surface area contributed by atoms with Crippen LogP contribution in [-0.4, -0.2) is 35.2 Å². The molecule has 15 heavy (non-hydrogen) atoms. The Hall–Kier alpha value is -0.340. The lowest BCUT2D eigenvalue weighted by Gasteiger charge is -2.26. The molecule has 1 aliphatic carbocycles. The molecule has 0 aromatic rings. The van der Waals surface area contributed by atoms with E-state index in [1.807, 2.05) is 6.08 Å². The number of aliphatic hydroxyl groups excluding tert-OH is 1. The van der Waals surface area contributed by atoms with Crippen LogP contribution < -0.4 is 0 Å². The number of allylic oxidation sites excluding steroid dienone is 1. The van der Waals surface area contributed by atoms with E-state index < -0.39 is 0 Å². The van der Waals surface area contributed by atoms with Gasteiger partial charge in [-0.2, -0.15) is 0 Å². The molecule has 1 rings (SSSR count). The van der Waals surface area contributed by atoms with Gasteiger partial charge in [0.1, 0.15) is 0 Å². The summed E-state index contributed by atoms with van der Waals surface area (Å²) in [4.78, 5) is 2.46. The molecule has 0 aliphatic heterocycles. The molecule has 1 fully saturated rings. The lowest BCUT2D eigenvalue weighted by atomic mass is 10.1. The van der Waals surface area contributed by atoms with Gasteiger partial charge < -0.3 is 5.11 Å². The minimum atomic E-state index is -0.178. The van der Waals surface area contributed by atoms with Gasteiger partial charge in [-0.15, -0.1) is 6.58 Å². The lowest BCUT2D eigenvalue weighted by Crippen LogP contribution is -2.36. The highest BCUT2D eigenvalue weighted by atomic mass is 16.3. The van der Waals surface area contributed by atoms with Crippen LogP contribution in [0.5, 0.6) is 0 Å². The molecule has 1 atom stereocenters. The van der Waals surface area contributed by atoms with Gasteiger partial charge in [0.25, 0.3) is 0 Å². The molecule has 1 saturated carbocycles. The number of nitrogens with zero attached hydrogens (tertiary/aromatic N) is 1. The zero-order valence-corrected chi connectivity index (χ0v) is 10.2. The molecule has 1 N–H and O–H groups in total. The number of rotatable bonds is 8. The summed E-state index contributed by atoms with van der Waals surface area (Å²) in [6.45, 7) is 10.1. The summed E-state index contributed by atoms with van der Waals surface area (Å²) in [5.41, 5.74) is 0. The van der Waals surface area contributed by atoms with Gasteiger partial charge in [0.2, 0.25) is 0 Å². The summed E-state index contributed by atoms with van der Waals surface area (Å²) in [6, 6.07) is 0.755. The molecule has 0 aromatic carbocycles. The van der Waals surface area contributed by atoms with E-state index in [0.717, 1.165) is 32.0 Å². The van der Waals surface area contributed by atoms with Crippen LogP contribution in [0.4, 0.5) is 0 Å². The maximum absolute atomic E-state index is 9.85. The van der Waals surface area contributed by atoms with E-state index >= 15 is 0 Å². The van der Waals surface area contributed by atoms with Crippen LogP contribution in [-0.2, 0) is 0 Å². The van der Waals surface area contributed by atoms with E-state index in [2.05, 4.69) is 25.3 Å². The van der Waals surface area contributed by atoms with Gasteiger partial charge in [-0.1, -0.05) is 19.9 Å². The van der Waals surface area contributed by atoms with Crippen molar-refractivity contribution in [3.63, 3.8) is 0 Å². The smallest absolute Gasteiger partial charge is 0.0670 e. The van der Waals surface area contributed by atoms with Crippen LogP contribution in [0, 0.1) is 5.92 Å². The summed E-state index contributed by atoms with van der Waals surface area (Å²) in [5, 5.41) is 9.85. The number of aliphatic hydroxyl groups is 1. The van der Waals surface area contributed by atoms with E-state index in [1.54, 1.807) is 0 Å². The molecular formula is C13H25NO. The molecule has 88 valence electrons. The van der Waals surface area contributed by atoms with Gasteiger partial charge in [0.15, 0.2) is 0 Å². The largest absolute Gasteiger partial charge is 0.392 e. The van der Waals surface area contributed by atoms with Crippen LogP contribution >= 0.6 is 0 Å². The monoisotopic (exact) mass is 211 g/mol. The highest BCUT2D eigenvalue weighted by Gasteiger charge is 2.30. The Labute approximate surface area is 94.0 Å². The maximum Gasteiger partial charge on any atom is 0.0670 e. The van der Waals surface area contributed by atoms with Crippen molar-refractivity contribution in [2.24, 2.45) is 5.92 Å². The van der Waals surface area contributed by atoms with Gasteiger partial charge in [-0.05, 0) is 31.6 Å². The van der Waals surface area contributed by atoms with E-state index in [1.165, 1.54) is 12.8 Å². The van der Waals surface area contributed by atoms with Crippen LogP contribution in [0.1, 0.15) is 39.5 Å². The predicted octanol–water partition coefficient (Wildman–Crippen LogP) is 2.43. The summed E-state index contributed by atoms with van der Waals surface area (Å²) in [5.74, 6) is 0.692. The Balaban J connectivity index is 2.26. The molecule has 0 aromatic heterocycles.